The second kappa shape index (κ2) is 6.83. The zero-order valence-electron chi connectivity index (χ0n) is 12.9. The molecule has 1 aromatic rings. The van der Waals surface area contributed by atoms with Crippen molar-refractivity contribution in [2.24, 2.45) is 11.1 Å². The summed E-state index contributed by atoms with van der Waals surface area (Å²) in [4.78, 5) is 18.8. The van der Waals surface area contributed by atoms with E-state index in [2.05, 4.69) is 15.2 Å². The summed E-state index contributed by atoms with van der Waals surface area (Å²) in [6, 6.07) is -0.552. The van der Waals surface area contributed by atoms with E-state index in [0.717, 1.165) is 38.5 Å². The Kier molecular flexibility index (Phi) is 5.32. The fourth-order valence-electron chi connectivity index (χ4n) is 2.00. The number of hydrogen-bond acceptors (Lipinski definition) is 6. The first-order valence-electron chi connectivity index (χ1n) is 7.17. The molecule has 2 rings (SSSR count). The average molecular weight is 312 g/mol. The van der Waals surface area contributed by atoms with Gasteiger partial charge in [0.2, 0.25) is 5.91 Å². The maximum absolute atomic E-state index is 12.1. The van der Waals surface area contributed by atoms with E-state index in [1.165, 1.54) is 11.3 Å². The van der Waals surface area contributed by atoms with Gasteiger partial charge in [-0.05, 0) is 5.41 Å². The molecule has 7 heteroatoms. The smallest absolute Gasteiger partial charge is 0.243 e. The minimum atomic E-state index is -0.552. The zero-order valence-corrected chi connectivity index (χ0v) is 13.7. The number of thiazole rings is 1. The van der Waals surface area contributed by atoms with Gasteiger partial charge in [0, 0.05) is 25.0 Å². The van der Waals surface area contributed by atoms with Gasteiger partial charge in [-0.3, -0.25) is 9.69 Å². The SMILES string of the molecule is CC(C)(C)[C@H](N)C(=O)Nc1nc(CN2CCOCC2)cs1. The first kappa shape index (κ1) is 16.4. The maximum atomic E-state index is 12.1. The lowest BCUT2D eigenvalue weighted by atomic mass is 9.87. The largest absolute Gasteiger partial charge is 0.379 e. The lowest BCUT2D eigenvalue weighted by Crippen LogP contribution is -2.45. The highest BCUT2D eigenvalue weighted by Crippen LogP contribution is 2.21. The highest BCUT2D eigenvalue weighted by atomic mass is 32.1. The Hall–Kier alpha value is -1.02. The Morgan fingerprint density at radius 1 is 1.52 bits per heavy atom. The van der Waals surface area contributed by atoms with Crippen molar-refractivity contribution in [3.8, 4) is 0 Å². The molecule has 1 saturated heterocycles. The summed E-state index contributed by atoms with van der Waals surface area (Å²) >= 11 is 1.44. The molecule has 0 aliphatic carbocycles. The van der Waals surface area contributed by atoms with E-state index in [-0.39, 0.29) is 11.3 Å². The van der Waals surface area contributed by atoms with Gasteiger partial charge >= 0.3 is 0 Å². The molecule has 0 aromatic carbocycles. The number of morpholine rings is 1. The molecule has 118 valence electrons. The van der Waals surface area contributed by atoms with Crippen molar-refractivity contribution in [2.45, 2.75) is 33.4 Å². The molecule has 1 aliphatic heterocycles. The fraction of sp³-hybridized carbons (Fsp3) is 0.714. The van der Waals surface area contributed by atoms with Gasteiger partial charge in [0.1, 0.15) is 0 Å². The molecule has 1 amide bonds. The van der Waals surface area contributed by atoms with E-state index < -0.39 is 6.04 Å². The first-order chi connectivity index (χ1) is 9.86. The average Bonchev–Trinajstić information content (AvgIpc) is 2.85. The van der Waals surface area contributed by atoms with E-state index in [0.29, 0.717) is 5.13 Å². The molecule has 0 saturated carbocycles. The number of rotatable bonds is 4. The third kappa shape index (κ3) is 4.74. The molecule has 0 bridgehead atoms. The summed E-state index contributed by atoms with van der Waals surface area (Å²) in [7, 11) is 0. The van der Waals surface area contributed by atoms with Crippen molar-refractivity contribution in [3.63, 3.8) is 0 Å². The monoisotopic (exact) mass is 312 g/mol. The van der Waals surface area contributed by atoms with Crippen molar-refractivity contribution in [1.82, 2.24) is 9.88 Å². The second-order valence-corrected chi connectivity index (χ2v) is 7.22. The zero-order chi connectivity index (χ0) is 15.5. The number of hydrogen-bond donors (Lipinski definition) is 2. The van der Waals surface area contributed by atoms with E-state index in [1.54, 1.807) is 0 Å². The van der Waals surface area contributed by atoms with Gasteiger partial charge in [-0.25, -0.2) is 4.98 Å². The van der Waals surface area contributed by atoms with Crippen LogP contribution in [0.1, 0.15) is 26.5 Å². The predicted molar refractivity (Wildman–Crippen MR) is 84.3 cm³/mol. The normalized spacial score (nSPS) is 18.5. The van der Waals surface area contributed by atoms with E-state index in [1.807, 2.05) is 26.2 Å². The molecule has 21 heavy (non-hydrogen) atoms. The molecule has 0 radical (unpaired) electrons. The summed E-state index contributed by atoms with van der Waals surface area (Å²) < 4.78 is 5.32. The molecular formula is C14H24N4O2S. The molecule has 1 atom stereocenters. The standard InChI is InChI=1S/C14H24N4O2S/c1-14(2,3)11(15)12(19)17-13-16-10(9-21-13)8-18-4-6-20-7-5-18/h9,11H,4-8,15H2,1-3H3,(H,16,17,19)/t11-/m1/s1. The lowest BCUT2D eigenvalue weighted by Gasteiger charge is -2.25. The molecule has 2 heterocycles. The maximum Gasteiger partial charge on any atom is 0.243 e. The van der Waals surface area contributed by atoms with Gasteiger partial charge in [-0.2, -0.15) is 0 Å². The van der Waals surface area contributed by atoms with Gasteiger partial charge in [0.25, 0.3) is 0 Å². The number of carbonyl (C=O) groups is 1. The summed E-state index contributed by atoms with van der Waals surface area (Å²) in [5.74, 6) is -0.185. The Labute approximate surface area is 129 Å². The third-order valence-electron chi connectivity index (χ3n) is 3.49. The van der Waals surface area contributed by atoms with Crippen LogP contribution < -0.4 is 11.1 Å². The van der Waals surface area contributed by atoms with E-state index in [4.69, 9.17) is 10.5 Å². The van der Waals surface area contributed by atoms with Crippen LogP contribution in [0.25, 0.3) is 0 Å². The molecule has 3 N–H and O–H groups in total. The van der Waals surface area contributed by atoms with Gasteiger partial charge in [-0.1, -0.05) is 20.8 Å². The number of ether oxygens (including phenoxy) is 1. The quantitative estimate of drug-likeness (QED) is 0.875. The van der Waals surface area contributed by atoms with E-state index >= 15 is 0 Å². The minimum Gasteiger partial charge on any atom is -0.379 e. The van der Waals surface area contributed by atoms with Crippen LogP contribution in [0.3, 0.4) is 0 Å². The van der Waals surface area contributed by atoms with Crippen LogP contribution >= 0.6 is 11.3 Å². The Morgan fingerprint density at radius 3 is 2.81 bits per heavy atom. The van der Waals surface area contributed by atoms with Crippen LogP contribution in [0.4, 0.5) is 5.13 Å². The minimum absolute atomic E-state index is 0.185. The highest BCUT2D eigenvalue weighted by Gasteiger charge is 2.28. The summed E-state index contributed by atoms with van der Waals surface area (Å²) in [5.41, 5.74) is 6.65. The van der Waals surface area contributed by atoms with Crippen LogP contribution in [-0.4, -0.2) is 48.1 Å². The fourth-order valence-corrected chi connectivity index (χ4v) is 2.71. The van der Waals surface area contributed by atoms with Gasteiger partial charge in [0.05, 0.1) is 24.9 Å². The molecule has 0 unspecified atom stereocenters. The topological polar surface area (TPSA) is 80.5 Å². The summed E-state index contributed by atoms with van der Waals surface area (Å²) in [6.07, 6.45) is 0. The number of nitrogens with one attached hydrogen (secondary N) is 1. The number of anilines is 1. The lowest BCUT2D eigenvalue weighted by molar-refractivity contribution is -0.119. The van der Waals surface area contributed by atoms with Crippen molar-refractivity contribution >= 4 is 22.4 Å². The number of carbonyl (C=O) groups excluding carboxylic acids is 1. The van der Waals surface area contributed by atoms with Gasteiger partial charge < -0.3 is 15.8 Å². The molecule has 1 fully saturated rings. The second-order valence-electron chi connectivity index (χ2n) is 6.37. The van der Waals surface area contributed by atoms with Crippen molar-refractivity contribution in [3.05, 3.63) is 11.1 Å². The summed E-state index contributed by atoms with van der Waals surface area (Å²) in [5, 5.41) is 5.40. The third-order valence-corrected chi connectivity index (χ3v) is 4.29. The van der Waals surface area contributed by atoms with Gasteiger partial charge in [-0.15, -0.1) is 11.3 Å². The highest BCUT2D eigenvalue weighted by molar-refractivity contribution is 7.13. The molecule has 1 aliphatic rings. The Balaban J connectivity index is 1.89. The number of nitrogens with zero attached hydrogens (tertiary/aromatic N) is 2. The Morgan fingerprint density at radius 2 is 2.19 bits per heavy atom. The summed E-state index contributed by atoms with van der Waals surface area (Å²) in [6.45, 7) is 10.0. The van der Waals surface area contributed by atoms with Crippen LogP contribution in [0.2, 0.25) is 0 Å². The predicted octanol–water partition coefficient (Wildman–Crippen LogP) is 1.29. The molecule has 0 spiro atoms. The van der Waals surface area contributed by atoms with Gasteiger partial charge in [0.15, 0.2) is 5.13 Å². The molecular weight excluding hydrogens is 288 g/mol. The first-order valence-corrected chi connectivity index (χ1v) is 8.05. The number of aromatic nitrogens is 1. The van der Waals surface area contributed by atoms with Crippen LogP contribution in [0.15, 0.2) is 5.38 Å². The molecule has 1 aromatic heterocycles. The van der Waals surface area contributed by atoms with E-state index in [9.17, 15) is 4.79 Å². The number of amides is 1. The van der Waals surface area contributed by atoms with Crippen molar-refractivity contribution in [2.75, 3.05) is 31.6 Å². The van der Waals surface area contributed by atoms with Crippen LogP contribution in [0.5, 0.6) is 0 Å². The Bertz CT molecular complexity index is 478. The molecule has 6 nitrogen and oxygen atoms in total. The van der Waals surface area contributed by atoms with Crippen molar-refractivity contribution in [1.29, 1.82) is 0 Å². The van der Waals surface area contributed by atoms with Crippen molar-refractivity contribution < 1.29 is 9.53 Å². The number of nitrogens with two attached hydrogens (primary N) is 1. The van der Waals surface area contributed by atoms with Crippen LogP contribution in [0, 0.1) is 5.41 Å². The van der Waals surface area contributed by atoms with Crippen LogP contribution in [-0.2, 0) is 16.1 Å².